The van der Waals surface area contributed by atoms with E-state index in [0.717, 1.165) is 17.5 Å². The molecule has 0 amide bonds. The molecule has 1 aromatic carbocycles. The van der Waals surface area contributed by atoms with Crippen molar-refractivity contribution in [2.45, 2.75) is 25.3 Å². The Bertz CT molecular complexity index is 309. The van der Waals surface area contributed by atoms with Crippen LogP contribution in [0.2, 0.25) is 0 Å². The maximum atomic E-state index is 13.3. The molecule has 0 aromatic heterocycles. The third kappa shape index (κ3) is 1.23. The predicted molar refractivity (Wildman–Crippen MR) is 46.5 cm³/mol. The lowest BCUT2D eigenvalue weighted by molar-refractivity contribution is 0.608. The molecule has 1 nitrogen and oxygen atoms in total. The van der Waals surface area contributed by atoms with Crippen molar-refractivity contribution in [2.75, 3.05) is 0 Å². The zero-order valence-electron chi connectivity index (χ0n) is 7.05. The summed E-state index contributed by atoms with van der Waals surface area (Å²) in [5.74, 6) is 0.165. The molecule has 2 rings (SSSR count). The Morgan fingerprint density at radius 3 is 2.67 bits per heavy atom. The average molecular weight is 165 g/mol. The molecule has 0 spiro atoms. The second-order valence-electron chi connectivity index (χ2n) is 3.53. The zero-order chi connectivity index (χ0) is 8.72. The van der Waals surface area contributed by atoms with Gasteiger partial charge in [-0.3, -0.25) is 0 Å². The van der Waals surface area contributed by atoms with Gasteiger partial charge in [-0.05, 0) is 30.5 Å². The summed E-state index contributed by atoms with van der Waals surface area (Å²) in [5, 5.41) is 0. The molecule has 1 aliphatic rings. The fourth-order valence-electron chi connectivity index (χ4n) is 1.51. The van der Waals surface area contributed by atoms with E-state index in [9.17, 15) is 4.39 Å². The molecule has 0 aliphatic heterocycles. The number of rotatable bonds is 1. The van der Waals surface area contributed by atoms with Gasteiger partial charge in [0.05, 0.1) is 0 Å². The quantitative estimate of drug-likeness (QED) is 0.676. The second kappa shape index (κ2) is 2.56. The molecule has 1 fully saturated rings. The molecule has 64 valence electrons. The Hall–Kier alpha value is -0.890. The Morgan fingerprint density at radius 1 is 1.50 bits per heavy atom. The second-order valence-corrected chi connectivity index (χ2v) is 3.53. The number of nitrogens with two attached hydrogens (primary N) is 1. The average Bonchev–Trinajstić information content (AvgIpc) is 2.66. The van der Waals surface area contributed by atoms with Crippen LogP contribution in [-0.4, -0.2) is 6.04 Å². The molecule has 0 bridgehead atoms. The first kappa shape index (κ1) is 7.74. The maximum Gasteiger partial charge on any atom is 0.127 e. The highest BCUT2D eigenvalue weighted by Crippen LogP contribution is 2.40. The van der Waals surface area contributed by atoms with Gasteiger partial charge in [0, 0.05) is 12.0 Å². The number of halogens is 1. The molecule has 0 heterocycles. The van der Waals surface area contributed by atoms with Crippen LogP contribution in [0.4, 0.5) is 4.39 Å². The molecule has 12 heavy (non-hydrogen) atoms. The smallest absolute Gasteiger partial charge is 0.127 e. The lowest BCUT2D eigenvalue weighted by atomic mass is 10.1. The van der Waals surface area contributed by atoms with Crippen molar-refractivity contribution in [3.05, 3.63) is 35.1 Å². The van der Waals surface area contributed by atoms with E-state index in [0.29, 0.717) is 0 Å². The molecular formula is C10H12FN. The van der Waals surface area contributed by atoms with Crippen molar-refractivity contribution in [1.29, 1.82) is 0 Å². The van der Waals surface area contributed by atoms with Crippen molar-refractivity contribution in [3.63, 3.8) is 0 Å². The van der Waals surface area contributed by atoms with Gasteiger partial charge in [-0.1, -0.05) is 12.1 Å². The summed E-state index contributed by atoms with van der Waals surface area (Å²) in [4.78, 5) is 0. The summed E-state index contributed by atoms with van der Waals surface area (Å²) in [6, 6.07) is 5.54. The number of benzene rings is 1. The van der Waals surface area contributed by atoms with Gasteiger partial charge in [0.2, 0.25) is 0 Å². The molecule has 1 aliphatic carbocycles. The normalized spacial score (nSPS) is 27.2. The minimum absolute atomic E-state index is 0.104. The molecule has 0 saturated heterocycles. The maximum absolute atomic E-state index is 13.3. The van der Waals surface area contributed by atoms with E-state index < -0.39 is 0 Å². The van der Waals surface area contributed by atoms with E-state index in [2.05, 4.69) is 0 Å². The highest BCUT2D eigenvalue weighted by molar-refractivity contribution is 5.31. The van der Waals surface area contributed by atoms with Gasteiger partial charge in [0.25, 0.3) is 0 Å². The van der Waals surface area contributed by atoms with Crippen molar-refractivity contribution in [3.8, 4) is 0 Å². The summed E-state index contributed by atoms with van der Waals surface area (Å²) < 4.78 is 13.3. The van der Waals surface area contributed by atoms with Crippen LogP contribution in [0, 0.1) is 12.7 Å². The summed E-state index contributed by atoms with van der Waals surface area (Å²) >= 11 is 0. The van der Waals surface area contributed by atoms with Crippen molar-refractivity contribution >= 4 is 0 Å². The van der Waals surface area contributed by atoms with E-state index in [1.807, 2.05) is 19.1 Å². The largest absolute Gasteiger partial charge is 0.327 e. The van der Waals surface area contributed by atoms with Gasteiger partial charge >= 0.3 is 0 Å². The van der Waals surface area contributed by atoms with Crippen LogP contribution < -0.4 is 5.73 Å². The van der Waals surface area contributed by atoms with Crippen LogP contribution in [-0.2, 0) is 0 Å². The molecule has 2 N–H and O–H groups in total. The first-order valence-electron chi connectivity index (χ1n) is 4.20. The predicted octanol–water partition coefficient (Wildman–Crippen LogP) is 1.95. The minimum Gasteiger partial charge on any atom is -0.327 e. The third-order valence-electron chi connectivity index (χ3n) is 2.40. The van der Waals surface area contributed by atoms with Crippen LogP contribution in [0.3, 0.4) is 0 Å². The Labute approximate surface area is 71.4 Å². The monoisotopic (exact) mass is 165 g/mol. The summed E-state index contributed by atoms with van der Waals surface area (Å²) in [7, 11) is 0. The van der Waals surface area contributed by atoms with Crippen molar-refractivity contribution in [2.24, 2.45) is 5.73 Å². The Kier molecular flexibility index (Phi) is 1.65. The van der Waals surface area contributed by atoms with E-state index in [1.54, 1.807) is 6.07 Å². The van der Waals surface area contributed by atoms with Crippen molar-refractivity contribution < 1.29 is 4.39 Å². The van der Waals surface area contributed by atoms with Crippen LogP contribution in [0.5, 0.6) is 0 Å². The van der Waals surface area contributed by atoms with Gasteiger partial charge in [-0.25, -0.2) is 4.39 Å². The molecule has 1 aromatic rings. The van der Waals surface area contributed by atoms with Crippen LogP contribution >= 0.6 is 0 Å². The molecule has 0 unspecified atom stereocenters. The van der Waals surface area contributed by atoms with E-state index >= 15 is 0 Å². The third-order valence-corrected chi connectivity index (χ3v) is 2.40. The molecule has 1 saturated carbocycles. The summed E-state index contributed by atoms with van der Waals surface area (Å²) in [6.45, 7) is 1.89. The van der Waals surface area contributed by atoms with Gasteiger partial charge < -0.3 is 5.73 Å². The fraction of sp³-hybridized carbons (Fsp3) is 0.400. The van der Waals surface area contributed by atoms with E-state index in [1.165, 1.54) is 0 Å². The minimum atomic E-state index is -0.104. The number of hydrogen-bond donors (Lipinski definition) is 1. The molecule has 2 heteroatoms. The lowest BCUT2D eigenvalue weighted by Gasteiger charge is -2.01. The lowest BCUT2D eigenvalue weighted by Crippen LogP contribution is -2.02. The van der Waals surface area contributed by atoms with Gasteiger partial charge in [0.1, 0.15) is 5.82 Å². The van der Waals surface area contributed by atoms with E-state index in [-0.39, 0.29) is 17.8 Å². The van der Waals surface area contributed by atoms with Gasteiger partial charge in [-0.15, -0.1) is 0 Å². The molecule has 0 radical (unpaired) electrons. The van der Waals surface area contributed by atoms with Gasteiger partial charge in [0.15, 0.2) is 0 Å². The van der Waals surface area contributed by atoms with Crippen LogP contribution in [0.1, 0.15) is 23.5 Å². The number of hydrogen-bond acceptors (Lipinski definition) is 1. The Morgan fingerprint density at radius 2 is 2.17 bits per heavy atom. The Balaban J connectivity index is 2.33. The molecular weight excluding hydrogens is 153 g/mol. The van der Waals surface area contributed by atoms with Crippen molar-refractivity contribution in [1.82, 2.24) is 0 Å². The summed E-state index contributed by atoms with van der Waals surface area (Å²) in [5.41, 5.74) is 7.39. The van der Waals surface area contributed by atoms with Gasteiger partial charge in [-0.2, -0.15) is 0 Å². The zero-order valence-corrected chi connectivity index (χ0v) is 7.05. The van der Waals surface area contributed by atoms with Crippen LogP contribution in [0.15, 0.2) is 18.2 Å². The van der Waals surface area contributed by atoms with Crippen LogP contribution in [0.25, 0.3) is 0 Å². The topological polar surface area (TPSA) is 26.0 Å². The summed E-state index contributed by atoms with van der Waals surface area (Å²) in [6.07, 6.45) is 0.931. The SMILES string of the molecule is Cc1ccc([C@@H]2C[C@H]2N)c(F)c1. The first-order valence-corrected chi connectivity index (χ1v) is 4.20. The standard InChI is InChI=1S/C10H12FN/c1-6-2-3-7(9(11)4-6)8-5-10(8)12/h2-4,8,10H,5,12H2,1H3/t8-,10+/m0/s1. The fourth-order valence-corrected chi connectivity index (χ4v) is 1.51. The van der Waals surface area contributed by atoms with E-state index in [4.69, 9.17) is 5.73 Å². The first-order chi connectivity index (χ1) is 5.68. The highest BCUT2D eigenvalue weighted by atomic mass is 19.1. The number of aryl methyl sites for hydroxylation is 1. The highest BCUT2D eigenvalue weighted by Gasteiger charge is 2.36. The molecule has 2 atom stereocenters.